The summed E-state index contributed by atoms with van der Waals surface area (Å²) in [4.78, 5) is 13.0. The largest absolute Gasteiger partial charge is 0.493 e. The van der Waals surface area contributed by atoms with Gasteiger partial charge in [0, 0.05) is 31.6 Å². The van der Waals surface area contributed by atoms with Gasteiger partial charge in [-0.25, -0.2) is 4.39 Å². The summed E-state index contributed by atoms with van der Waals surface area (Å²) in [6, 6.07) is 13.5. The van der Waals surface area contributed by atoms with Crippen molar-refractivity contribution < 1.29 is 13.9 Å². The number of ether oxygens (including phenoxy) is 2. The lowest BCUT2D eigenvalue weighted by atomic mass is 10.2. The Morgan fingerprint density at radius 1 is 1.10 bits per heavy atom. The predicted molar refractivity (Wildman–Crippen MR) is 118 cm³/mol. The van der Waals surface area contributed by atoms with Crippen molar-refractivity contribution in [1.29, 1.82) is 0 Å². The van der Waals surface area contributed by atoms with E-state index in [0.29, 0.717) is 60.6 Å². The molecule has 4 rings (SSSR count). The van der Waals surface area contributed by atoms with Crippen LogP contribution in [0.25, 0.3) is 16.7 Å². The van der Waals surface area contributed by atoms with E-state index in [1.807, 2.05) is 35.6 Å². The topological polar surface area (TPSA) is 70.7 Å². The molecule has 4 aromatic rings. The van der Waals surface area contributed by atoms with E-state index in [0.717, 1.165) is 5.52 Å². The molecule has 0 fully saturated rings. The number of para-hydroxylation sites is 1. The number of aromatic nitrogens is 4. The van der Waals surface area contributed by atoms with Gasteiger partial charge in [0.1, 0.15) is 11.6 Å². The Morgan fingerprint density at radius 2 is 1.97 bits per heavy atom. The van der Waals surface area contributed by atoms with Gasteiger partial charge in [0.05, 0.1) is 17.5 Å². The maximum atomic E-state index is 13.3. The Bertz CT molecular complexity index is 1240. The third-order valence-electron chi connectivity index (χ3n) is 4.73. The number of aryl methyl sites for hydroxylation is 1. The Kier molecular flexibility index (Phi) is 6.83. The monoisotopic (exact) mass is 442 g/mol. The standard InChI is InChI=1S/C22H23FN4O3S/c1-2-29-12-6-11-26-20(28)18-9-3-4-10-19(18)27-21(26)24-25-22(27)31-14-13-30-17-8-5-7-16(23)15-17/h3-5,7-10,15H,2,6,11-14H2,1H3. The summed E-state index contributed by atoms with van der Waals surface area (Å²) in [7, 11) is 0. The van der Waals surface area contributed by atoms with Crippen LogP contribution in [0.15, 0.2) is 58.5 Å². The highest BCUT2D eigenvalue weighted by molar-refractivity contribution is 7.99. The highest BCUT2D eigenvalue weighted by atomic mass is 32.2. The molecule has 0 aliphatic rings. The van der Waals surface area contributed by atoms with Crippen LogP contribution in [-0.2, 0) is 11.3 Å². The molecular formula is C22H23FN4O3S. The zero-order valence-corrected chi connectivity index (χ0v) is 18.0. The summed E-state index contributed by atoms with van der Waals surface area (Å²) in [5.74, 6) is 1.26. The number of halogens is 1. The molecule has 162 valence electrons. The molecular weight excluding hydrogens is 419 g/mol. The summed E-state index contributed by atoms with van der Waals surface area (Å²) in [5.41, 5.74) is 0.681. The summed E-state index contributed by atoms with van der Waals surface area (Å²) < 4.78 is 27.9. The molecule has 0 saturated heterocycles. The van der Waals surface area contributed by atoms with Crippen LogP contribution in [-0.4, -0.2) is 44.7 Å². The molecule has 0 bridgehead atoms. The van der Waals surface area contributed by atoms with Crippen molar-refractivity contribution >= 4 is 28.4 Å². The summed E-state index contributed by atoms with van der Waals surface area (Å²) in [6.45, 7) is 4.05. The van der Waals surface area contributed by atoms with Gasteiger partial charge in [-0.1, -0.05) is 30.0 Å². The van der Waals surface area contributed by atoms with Gasteiger partial charge in [-0.05, 0) is 37.6 Å². The molecule has 0 radical (unpaired) electrons. The first-order chi connectivity index (χ1) is 15.2. The molecule has 31 heavy (non-hydrogen) atoms. The van der Waals surface area contributed by atoms with Gasteiger partial charge >= 0.3 is 0 Å². The molecule has 0 aliphatic carbocycles. The first-order valence-electron chi connectivity index (χ1n) is 10.1. The maximum Gasteiger partial charge on any atom is 0.262 e. The Morgan fingerprint density at radius 3 is 2.81 bits per heavy atom. The molecule has 0 N–H and O–H groups in total. The van der Waals surface area contributed by atoms with Crippen LogP contribution in [0.5, 0.6) is 5.75 Å². The Hall–Kier alpha value is -2.91. The Balaban J connectivity index is 1.58. The Labute approximate surface area is 182 Å². The molecule has 0 saturated carbocycles. The second kappa shape index (κ2) is 9.93. The second-order valence-corrected chi connectivity index (χ2v) is 7.86. The zero-order chi connectivity index (χ0) is 21.6. The normalized spacial score (nSPS) is 11.4. The lowest BCUT2D eigenvalue weighted by Crippen LogP contribution is -2.24. The first kappa shape index (κ1) is 21.3. The van der Waals surface area contributed by atoms with Crippen molar-refractivity contribution in [1.82, 2.24) is 19.2 Å². The van der Waals surface area contributed by atoms with E-state index in [-0.39, 0.29) is 11.4 Å². The second-order valence-electron chi connectivity index (χ2n) is 6.80. The number of benzene rings is 2. The molecule has 0 aliphatic heterocycles. The van der Waals surface area contributed by atoms with Crippen molar-refractivity contribution in [2.24, 2.45) is 0 Å². The SMILES string of the molecule is CCOCCCn1c(=O)c2ccccc2n2c(SCCOc3cccc(F)c3)nnc12. The van der Waals surface area contributed by atoms with Crippen LogP contribution in [0.4, 0.5) is 4.39 Å². The van der Waals surface area contributed by atoms with Gasteiger partial charge in [0.2, 0.25) is 5.78 Å². The molecule has 0 atom stereocenters. The molecule has 2 aromatic carbocycles. The fourth-order valence-electron chi connectivity index (χ4n) is 3.35. The first-order valence-corrected chi connectivity index (χ1v) is 11.1. The minimum Gasteiger partial charge on any atom is -0.493 e. The van der Waals surface area contributed by atoms with E-state index in [4.69, 9.17) is 9.47 Å². The van der Waals surface area contributed by atoms with Crippen molar-refractivity contribution in [2.45, 2.75) is 25.0 Å². The number of nitrogens with zero attached hydrogens (tertiary/aromatic N) is 4. The van der Waals surface area contributed by atoms with E-state index >= 15 is 0 Å². The van der Waals surface area contributed by atoms with Gasteiger partial charge in [-0.3, -0.25) is 13.8 Å². The quantitative estimate of drug-likeness (QED) is 0.275. The van der Waals surface area contributed by atoms with E-state index in [2.05, 4.69) is 10.2 Å². The number of thioether (sulfide) groups is 1. The van der Waals surface area contributed by atoms with Gasteiger partial charge in [0.15, 0.2) is 5.16 Å². The summed E-state index contributed by atoms with van der Waals surface area (Å²) in [5, 5.41) is 9.91. The van der Waals surface area contributed by atoms with Crippen LogP contribution < -0.4 is 10.3 Å². The molecule has 9 heteroatoms. The average molecular weight is 443 g/mol. The van der Waals surface area contributed by atoms with Gasteiger partial charge < -0.3 is 9.47 Å². The van der Waals surface area contributed by atoms with E-state index < -0.39 is 0 Å². The van der Waals surface area contributed by atoms with Crippen LogP contribution in [0.3, 0.4) is 0 Å². The fourth-order valence-corrected chi connectivity index (χ4v) is 4.10. The number of hydrogen-bond acceptors (Lipinski definition) is 6. The maximum absolute atomic E-state index is 13.3. The molecule has 0 amide bonds. The zero-order valence-electron chi connectivity index (χ0n) is 17.2. The van der Waals surface area contributed by atoms with Crippen LogP contribution >= 0.6 is 11.8 Å². The van der Waals surface area contributed by atoms with Crippen molar-refractivity contribution in [2.75, 3.05) is 25.6 Å². The number of fused-ring (bicyclic) bond motifs is 3. The molecule has 0 unspecified atom stereocenters. The minimum atomic E-state index is -0.331. The lowest BCUT2D eigenvalue weighted by molar-refractivity contribution is 0.141. The molecule has 2 aromatic heterocycles. The third-order valence-corrected chi connectivity index (χ3v) is 5.63. The van der Waals surface area contributed by atoms with Gasteiger partial charge in [0.25, 0.3) is 5.56 Å². The lowest BCUT2D eigenvalue weighted by Gasteiger charge is -2.11. The van der Waals surface area contributed by atoms with Crippen LogP contribution in [0.2, 0.25) is 0 Å². The van der Waals surface area contributed by atoms with Crippen LogP contribution in [0, 0.1) is 5.82 Å². The highest BCUT2D eigenvalue weighted by Crippen LogP contribution is 2.22. The predicted octanol–water partition coefficient (Wildman–Crippen LogP) is 3.78. The molecule has 0 spiro atoms. The van der Waals surface area contributed by atoms with E-state index in [1.165, 1.54) is 23.9 Å². The van der Waals surface area contributed by atoms with Crippen molar-refractivity contribution in [3.05, 3.63) is 64.7 Å². The smallest absolute Gasteiger partial charge is 0.262 e. The minimum absolute atomic E-state index is 0.0852. The van der Waals surface area contributed by atoms with E-state index in [1.54, 1.807) is 16.7 Å². The van der Waals surface area contributed by atoms with Gasteiger partial charge in [-0.2, -0.15) is 0 Å². The fraction of sp³-hybridized carbons (Fsp3) is 0.318. The van der Waals surface area contributed by atoms with Crippen molar-refractivity contribution in [3.8, 4) is 5.75 Å². The number of rotatable bonds is 10. The van der Waals surface area contributed by atoms with Crippen molar-refractivity contribution in [3.63, 3.8) is 0 Å². The van der Waals surface area contributed by atoms with Gasteiger partial charge in [-0.15, -0.1) is 10.2 Å². The summed E-state index contributed by atoms with van der Waals surface area (Å²) >= 11 is 1.47. The summed E-state index contributed by atoms with van der Waals surface area (Å²) in [6.07, 6.45) is 0.707. The molecule has 7 nitrogen and oxygen atoms in total. The van der Waals surface area contributed by atoms with E-state index in [9.17, 15) is 9.18 Å². The number of hydrogen-bond donors (Lipinski definition) is 0. The third kappa shape index (κ3) is 4.72. The van der Waals surface area contributed by atoms with Crippen LogP contribution in [0.1, 0.15) is 13.3 Å². The average Bonchev–Trinajstić information content (AvgIpc) is 3.20. The highest BCUT2D eigenvalue weighted by Gasteiger charge is 2.16. The molecule has 2 heterocycles.